The number of carbonyl (C=O) groups is 2. The number of allylic oxidation sites excluding steroid dienone is 7. The lowest BCUT2D eigenvalue weighted by atomic mass is 10.0. The number of carbonyl (C=O) groups excluding carboxylic acids is 2. The van der Waals surface area contributed by atoms with Crippen LogP contribution in [0.4, 0.5) is 0 Å². The largest absolute Gasteiger partial charge is 0.466 e. The fraction of sp³-hybridized carbons (Fsp3) is 0.831. The highest BCUT2D eigenvalue weighted by molar-refractivity contribution is 5.76. The first-order chi connectivity index (χ1) is 32.0. The molecule has 2 unspecified atom stereocenters. The smallest absolute Gasteiger partial charge is 0.305 e. The molecule has 0 saturated carbocycles. The molecular formula is C59H109NO5. The first-order valence-electron chi connectivity index (χ1n) is 28.4. The Kier molecular flexibility index (Phi) is 52.6. The lowest BCUT2D eigenvalue weighted by Crippen LogP contribution is -2.45. The van der Waals surface area contributed by atoms with E-state index in [-0.39, 0.29) is 18.5 Å². The van der Waals surface area contributed by atoms with E-state index in [4.69, 9.17) is 4.74 Å². The van der Waals surface area contributed by atoms with Gasteiger partial charge in [-0.3, -0.25) is 9.59 Å². The molecule has 0 aromatic heterocycles. The summed E-state index contributed by atoms with van der Waals surface area (Å²) in [5.74, 6) is -0.0809. The second-order valence-electron chi connectivity index (χ2n) is 19.3. The normalized spacial score (nSPS) is 13.0. The number of ether oxygens (including phenoxy) is 1. The van der Waals surface area contributed by atoms with Crippen LogP contribution in [0.5, 0.6) is 0 Å². The summed E-state index contributed by atoms with van der Waals surface area (Å²) in [6, 6.07) is -0.632. The first-order valence-corrected chi connectivity index (χ1v) is 28.4. The number of amides is 1. The molecule has 0 saturated heterocycles. The van der Waals surface area contributed by atoms with Crippen LogP contribution in [0, 0.1) is 0 Å². The molecule has 0 radical (unpaired) electrons. The summed E-state index contributed by atoms with van der Waals surface area (Å²) < 4.78 is 5.47. The Morgan fingerprint density at radius 3 is 1.23 bits per heavy atom. The van der Waals surface area contributed by atoms with E-state index in [1.54, 1.807) is 6.08 Å². The molecule has 0 aliphatic rings. The van der Waals surface area contributed by atoms with E-state index >= 15 is 0 Å². The van der Waals surface area contributed by atoms with Gasteiger partial charge in [0.1, 0.15) is 0 Å². The van der Waals surface area contributed by atoms with Crippen LogP contribution in [0.3, 0.4) is 0 Å². The topological polar surface area (TPSA) is 95.9 Å². The molecule has 0 heterocycles. The Morgan fingerprint density at radius 1 is 0.431 bits per heavy atom. The van der Waals surface area contributed by atoms with Crippen LogP contribution in [0.15, 0.2) is 48.6 Å². The Hall–Kier alpha value is -2.18. The molecule has 0 aromatic carbocycles. The number of aliphatic hydroxyl groups excluding tert-OH is 2. The van der Waals surface area contributed by atoms with E-state index in [0.717, 1.165) is 57.8 Å². The summed E-state index contributed by atoms with van der Waals surface area (Å²) in [7, 11) is 0. The molecular weight excluding hydrogens is 803 g/mol. The molecule has 6 heteroatoms. The van der Waals surface area contributed by atoms with Crippen molar-refractivity contribution in [3.05, 3.63) is 48.6 Å². The average molecular weight is 913 g/mol. The number of unbranched alkanes of at least 4 members (excludes halogenated alkanes) is 35. The molecule has 1 amide bonds. The summed E-state index contributed by atoms with van der Waals surface area (Å²) in [6.07, 6.45) is 68.5. The molecule has 65 heavy (non-hydrogen) atoms. The van der Waals surface area contributed by atoms with E-state index < -0.39 is 12.1 Å². The van der Waals surface area contributed by atoms with Crippen molar-refractivity contribution in [2.24, 2.45) is 0 Å². The zero-order valence-corrected chi connectivity index (χ0v) is 43.2. The summed E-state index contributed by atoms with van der Waals surface area (Å²) in [5, 5.41) is 23.0. The van der Waals surface area contributed by atoms with Gasteiger partial charge in [-0.1, -0.05) is 242 Å². The lowest BCUT2D eigenvalue weighted by Gasteiger charge is -2.20. The van der Waals surface area contributed by atoms with Gasteiger partial charge in [-0.15, -0.1) is 0 Å². The molecule has 0 aliphatic heterocycles. The van der Waals surface area contributed by atoms with Gasteiger partial charge in [0.25, 0.3) is 0 Å². The van der Waals surface area contributed by atoms with Crippen LogP contribution in [0.2, 0.25) is 0 Å². The SMILES string of the molecule is CCCC/C=C\C/C=C\CCCCCCCC(=O)OCCCCCCCCCCCCCC/C=C\CCCCCCCCCC(=O)NC(CO)C(O)/C=C/CCCCCCCCCCC. The molecule has 0 spiro atoms. The van der Waals surface area contributed by atoms with Gasteiger partial charge in [-0.05, 0) is 83.5 Å². The molecule has 6 nitrogen and oxygen atoms in total. The van der Waals surface area contributed by atoms with Gasteiger partial charge in [0, 0.05) is 12.8 Å². The van der Waals surface area contributed by atoms with Gasteiger partial charge in [0.15, 0.2) is 0 Å². The fourth-order valence-electron chi connectivity index (χ4n) is 8.41. The highest BCUT2D eigenvalue weighted by atomic mass is 16.5. The van der Waals surface area contributed by atoms with E-state index in [1.165, 1.54) is 205 Å². The van der Waals surface area contributed by atoms with Gasteiger partial charge in [0.2, 0.25) is 5.91 Å². The van der Waals surface area contributed by atoms with Crippen LogP contribution in [-0.2, 0) is 14.3 Å². The maximum Gasteiger partial charge on any atom is 0.305 e. The minimum atomic E-state index is -0.847. The van der Waals surface area contributed by atoms with Crippen LogP contribution < -0.4 is 5.32 Å². The zero-order chi connectivity index (χ0) is 47.2. The Labute approximate surface area is 404 Å². The fourth-order valence-corrected chi connectivity index (χ4v) is 8.41. The van der Waals surface area contributed by atoms with Gasteiger partial charge in [0.05, 0.1) is 25.4 Å². The molecule has 3 N–H and O–H groups in total. The third-order valence-corrected chi connectivity index (χ3v) is 12.8. The molecule has 2 atom stereocenters. The van der Waals surface area contributed by atoms with Crippen molar-refractivity contribution in [1.29, 1.82) is 0 Å². The van der Waals surface area contributed by atoms with Crippen LogP contribution in [0.1, 0.15) is 290 Å². The second kappa shape index (κ2) is 54.4. The number of aliphatic hydroxyl groups is 2. The van der Waals surface area contributed by atoms with Crippen LogP contribution >= 0.6 is 0 Å². The van der Waals surface area contributed by atoms with Gasteiger partial charge in [-0.25, -0.2) is 0 Å². The third-order valence-electron chi connectivity index (χ3n) is 12.8. The molecule has 0 rings (SSSR count). The highest BCUT2D eigenvalue weighted by Crippen LogP contribution is 2.16. The van der Waals surface area contributed by atoms with E-state index in [1.807, 2.05) is 6.08 Å². The van der Waals surface area contributed by atoms with E-state index in [2.05, 4.69) is 55.6 Å². The third kappa shape index (κ3) is 51.1. The predicted octanol–water partition coefficient (Wildman–Crippen LogP) is 17.4. The van der Waals surface area contributed by atoms with Gasteiger partial charge < -0.3 is 20.3 Å². The summed E-state index contributed by atoms with van der Waals surface area (Å²) >= 11 is 0. The highest BCUT2D eigenvalue weighted by Gasteiger charge is 2.18. The maximum absolute atomic E-state index is 12.4. The molecule has 0 aromatic rings. The average Bonchev–Trinajstić information content (AvgIpc) is 3.31. The Bertz CT molecular complexity index is 1100. The number of esters is 1. The lowest BCUT2D eigenvalue weighted by molar-refractivity contribution is -0.143. The number of rotatable bonds is 52. The molecule has 0 aliphatic carbocycles. The monoisotopic (exact) mass is 912 g/mol. The van der Waals surface area contributed by atoms with Crippen molar-refractivity contribution in [2.75, 3.05) is 13.2 Å². The molecule has 380 valence electrons. The number of nitrogens with one attached hydrogen (secondary N) is 1. The zero-order valence-electron chi connectivity index (χ0n) is 43.2. The van der Waals surface area contributed by atoms with Gasteiger partial charge >= 0.3 is 5.97 Å². The van der Waals surface area contributed by atoms with E-state index in [9.17, 15) is 19.8 Å². The summed E-state index contributed by atoms with van der Waals surface area (Å²) in [5.41, 5.74) is 0. The maximum atomic E-state index is 12.4. The van der Waals surface area contributed by atoms with Crippen molar-refractivity contribution in [3.8, 4) is 0 Å². The van der Waals surface area contributed by atoms with E-state index in [0.29, 0.717) is 19.4 Å². The Balaban J connectivity index is 3.43. The van der Waals surface area contributed by atoms with Crippen LogP contribution in [-0.4, -0.2) is 47.4 Å². The first kappa shape index (κ1) is 62.8. The van der Waals surface area contributed by atoms with Crippen molar-refractivity contribution in [2.45, 2.75) is 302 Å². The summed E-state index contributed by atoms with van der Waals surface area (Å²) in [4.78, 5) is 24.4. The molecule has 0 fully saturated rings. The van der Waals surface area contributed by atoms with Crippen molar-refractivity contribution in [1.82, 2.24) is 5.32 Å². The Morgan fingerprint density at radius 2 is 0.785 bits per heavy atom. The van der Waals surface area contributed by atoms with Crippen molar-refractivity contribution in [3.63, 3.8) is 0 Å². The minimum Gasteiger partial charge on any atom is -0.466 e. The number of hydrogen-bond donors (Lipinski definition) is 3. The quantitative estimate of drug-likeness (QED) is 0.0321. The number of hydrogen-bond acceptors (Lipinski definition) is 5. The standard InChI is InChI=1S/C59H109NO5/c1-3-5-7-9-11-13-15-16-29-33-37-41-45-49-53-59(64)65-54-50-46-42-38-34-30-27-25-23-21-19-17-18-20-22-24-26-28-32-36-40-44-48-52-58(63)60-56(55-61)57(62)51-47-43-39-35-31-14-12-10-8-6-4-2/h9,11,15-16,20,22,47,51,56-57,61-62H,3-8,10,12-14,17-19,21,23-46,48-50,52-55H2,1-2H3,(H,60,63)/b11-9-,16-15-,22-20-,51-47+. The van der Waals surface area contributed by atoms with Crippen LogP contribution in [0.25, 0.3) is 0 Å². The second-order valence-corrected chi connectivity index (χ2v) is 19.3. The van der Waals surface area contributed by atoms with Crippen molar-refractivity contribution < 1.29 is 24.5 Å². The predicted molar refractivity (Wildman–Crippen MR) is 282 cm³/mol. The summed E-state index contributed by atoms with van der Waals surface area (Å²) in [6.45, 7) is 4.84. The van der Waals surface area contributed by atoms with Crippen molar-refractivity contribution >= 4 is 11.9 Å². The molecule has 0 bridgehead atoms. The minimum absolute atomic E-state index is 0.00444. The van der Waals surface area contributed by atoms with Gasteiger partial charge in [-0.2, -0.15) is 0 Å².